The van der Waals surface area contributed by atoms with E-state index in [0.29, 0.717) is 18.4 Å². The highest BCUT2D eigenvalue weighted by Crippen LogP contribution is 2.40. The third-order valence-electron chi connectivity index (χ3n) is 3.25. The predicted octanol–water partition coefficient (Wildman–Crippen LogP) is 0.956. The van der Waals surface area contributed by atoms with Crippen molar-refractivity contribution in [3.63, 3.8) is 0 Å². The van der Waals surface area contributed by atoms with Gasteiger partial charge in [0, 0.05) is 18.3 Å². The van der Waals surface area contributed by atoms with Crippen molar-refractivity contribution in [3.05, 3.63) is 11.1 Å². The van der Waals surface area contributed by atoms with Gasteiger partial charge in [-0.25, -0.2) is 4.79 Å². The smallest absolute Gasteiger partial charge is 0.339 e. The Morgan fingerprint density at radius 1 is 1.40 bits per heavy atom. The normalized spacial score (nSPS) is 30.7. The van der Waals surface area contributed by atoms with Crippen LogP contribution in [0.15, 0.2) is 11.1 Å². The molecule has 2 aliphatic carbocycles. The fourth-order valence-corrected chi connectivity index (χ4v) is 2.52. The number of rotatable bonds is 1. The summed E-state index contributed by atoms with van der Waals surface area (Å²) in [4.78, 5) is 34.0. The number of fused-ring (bicyclic) bond motifs is 1. The van der Waals surface area contributed by atoms with Crippen LogP contribution in [0.3, 0.4) is 0 Å². The first kappa shape index (κ1) is 10.1. The number of carbonyl (C=O) groups is 3. The maximum atomic E-state index is 11.7. The molecule has 80 valence electrons. The number of carboxylic acid groups (broad SMARTS) is 1. The third kappa shape index (κ3) is 1.40. The monoisotopic (exact) mass is 208 g/mol. The molecule has 0 aromatic carbocycles. The summed E-state index contributed by atoms with van der Waals surface area (Å²) >= 11 is 0. The highest BCUT2D eigenvalue weighted by Gasteiger charge is 2.42. The fraction of sp³-hybridized carbons (Fsp3) is 0.545. The molecular weight excluding hydrogens is 196 g/mol. The van der Waals surface area contributed by atoms with E-state index >= 15 is 0 Å². The van der Waals surface area contributed by atoms with Crippen molar-refractivity contribution in [2.24, 2.45) is 11.8 Å². The number of allylic oxidation sites excluding steroid dienone is 1. The van der Waals surface area contributed by atoms with E-state index in [4.69, 9.17) is 5.11 Å². The SMILES string of the molecule is CC1CC2=C(C(=O)O)C(=O)CCC2C1=O. The molecule has 4 heteroatoms. The van der Waals surface area contributed by atoms with Crippen LogP contribution in [0.1, 0.15) is 26.2 Å². The van der Waals surface area contributed by atoms with Crippen LogP contribution < -0.4 is 0 Å². The highest BCUT2D eigenvalue weighted by molar-refractivity contribution is 6.19. The number of hydrogen-bond acceptors (Lipinski definition) is 3. The molecular formula is C11H12O4. The van der Waals surface area contributed by atoms with Crippen LogP contribution in [0.4, 0.5) is 0 Å². The predicted molar refractivity (Wildman–Crippen MR) is 51.2 cm³/mol. The summed E-state index contributed by atoms with van der Waals surface area (Å²) in [6.07, 6.45) is 1.12. The average molecular weight is 208 g/mol. The third-order valence-corrected chi connectivity index (χ3v) is 3.25. The first-order valence-corrected chi connectivity index (χ1v) is 5.05. The van der Waals surface area contributed by atoms with Crippen LogP contribution in [-0.4, -0.2) is 22.6 Å². The standard InChI is InChI=1S/C11H12O4/c1-5-4-7-6(10(5)13)2-3-8(12)9(7)11(14)15/h5-6H,2-4H2,1H3,(H,14,15). The van der Waals surface area contributed by atoms with Gasteiger partial charge >= 0.3 is 5.97 Å². The Labute approximate surface area is 87.0 Å². The molecule has 1 N–H and O–H groups in total. The second-order valence-corrected chi connectivity index (χ2v) is 4.23. The maximum absolute atomic E-state index is 11.7. The number of aliphatic carboxylic acids is 1. The summed E-state index contributed by atoms with van der Waals surface area (Å²) in [7, 11) is 0. The molecule has 0 aromatic rings. The van der Waals surface area contributed by atoms with E-state index in [1.807, 2.05) is 0 Å². The lowest BCUT2D eigenvalue weighted by atomic mass is 9.83. The minimum Gasteiger partial charge on any atom is -0.478 e. The van der Waals surface area contributed by atoms with Gasteiger partial charge in [0.15, 0.2) is 5.78 Å². The van der Waals surface area contributed by atoms with Gasteiger partial charge in [-0.3, -0.25) is 9.59 Å². The summed E-state index contributed by atoms with van der Waals surface area (Å²) in [5, 5.41) is 8.94. The summed E-state index contributed by atoms with van der Waals surface area (Å²) in [5.74, 6) is -1.84. The topological polar surface area (TPSA) is 71.4 Å². The average Bonchev–Trinajstić information content (AvgIpc) is 2.42. The Balaban J connectivity index is 2.51. The summed E-state index contributed by atoms with van der Waals surface area (Å²) in [6, 6.07) is 0. The van der Waals surface area contributed by atoms with E-state index in [0.717, 1.165) is 0 Å². The van der Waals surface area contributed by atoms with Gasteiger partial charge in [0.25, 0.3) is 0 Å². The van der Waals surface area contributed by atoms with Crippen LogP contribution >= 0.6 is 0 Å². The van der Waals surface area contributed by atoms with Crippen LogP contribution in [0.2, 0.25) is 0 Å². The van der Waals surface area contributed by atoms with Gasteiger partial charge in [-0.05, 0) is 18.4 Å². The molecule has 0 spiro atoms. The van der Waals surface area contributed by atoms with E-state index in [9.17, 15) is 14.4 Å². The van der Waals surface area contributed by atoms with Gasteiger partial charge < -0.3 is 5.11 Å². The molecule has 0 amide bonds. The zero-order valence-corrected chi connectivity index (χ0v) is 8.45. The lowest BCUT2D eigenvalue weighted by Crippen LogP contribution is -2.24. The first-order chi connectivity index (χ1) is 7.02. The van der Waals surface area contributed by atoms with E-state index in [1.165, 1.54) is 0 Å². The Hall–Kier alpha value is -1.45. The molecule has 2 unspecified atom stereocenters. The molecule has 15 heavy (non-hydrogen) atoms. The van der Waals surface area contributed by atoms with Gasteiger partial charge in [-0.15, -0.1) is 0 Å². The minimum atomic E-state index is -1.18. The molecule has 2 atom stereocenters. The zero-order valence-electron chi connectivity index (χ0n) is 8.45. The molecule has 1 fully saturated rings. The van der Waals surface area contributed by atoms with E-state index in [1.54, 1.807) is 6.92 Å². The largest absolute Gasteiger partial charge is 0.478 e. The van der Waals surface area contributed by atoms with Crippen LogP contribution in [0, 0.1) is 11.8 Å². The lowest BCUT2D eigenvalue weighted by molar-refractivity contribution is -0.135. The van der Waals surface area contributed by atoms with Crippen molar-refractivity contribution in [3.8, 4) is 0 Å². The molecule has 0 radical (unpaired) electrons. The first-order valence-electron chi connectivity index (χ1n) is 5.05. The van der Waals surface area contributed by atoms with Crippen molar-refractivity contribution >= 4 is 17.5 Å². The summed E-state index contributed by atoms with van der Waals surface area (Å²) in [5.41, 5.74) is 0.445. The summed E-state index contributed by atoms with van der Waals surface area (Å²) in [6.45, 7) is 1.79. The molecule has 0 heterocycles. The van der Waals surface area contributed by atoms with Gasteiger partial charge in [-0.1, -0.05) is 6.92 Å². The summed E-state index contributed by atoms with van der Waals surface area (Å²) < 4.78 is 0. The van der Waals surface area contributed by atoms with E-state index in [-0.39, 0.29) is 35.4 Å². The van der Waals surface area contributed by atoms with Crippen molar-refractivity contribution in [1.82, 2.24) is 0 Å². The highest BCUT2D eigenvalue weighted by atomic mass is 16.4. The quantitative estimate of drug-likeness (QED) is 0.651. The minimum absolute atomic E-state index is 0.0938. The van der Waals surface area contributed by atoms with Crippen molar-refractivity contribution in [1.29, 1.82) is 0 Å². The Kier molecular flexibility index (Phi) is 2.21. The van der Waals surface area contributed by atoms with Crippen molar-refractivity contribution in [2.75, 3.05) is 0 Å². The van der Waals surface area contributed by atoms with Gasteiger partial charge in [0.1, 0.15) is 11.4 Å². The van der Waals surface area contributed by atoms with Crippen molar-refractivity contribution in [2.45, 2.75) is 26.2 Å². The fourth-order valence-electron chi connectivity index (χ4n) is 2.52. The Morgan fingerprint density at radius 2 is 2.07 bits per heavy atom. The number of ketones is 2. The molecule has 0 bridgehead atoms. The Bertz CT molecular complexity index is 391. The van der Waals surface area contributed by atoms with Gasteiger partial charge in [0.05, 0.1) is 0 Å². The molecule has 0 aliphatic heterocycles. The Morgan fingerprint density at radius 3 is 2.67 bits per heavy atom. The van der Waals surface area contributed by atoms with Crippen molar-refractivity contribution < 1.29 is 19.5 Å². The molecule has 2 rings (SSSR count). The second-order valence-electron chi connectivity index (χ2n) is 4.23. The second kappa shape index (κ2) is 3.29. The van der Waals surface area contributed by atoms with Gasteiger partial charge in [-0.2, -0.15) is 0 Å². The molecule has 4 nitrogen and oxygen atoms in total. The van der Waals surface area contributed by atoms with E-state index < -0.39 is 5.97 Å². The molecule has 2 aliphatic rings. The molecule has 0 aromatic heterocycles. The number of carboxylic acids is 1. The number of carbonyl (C=O) groups excluding carboxylic acids is 2. The maximum Gasteiger partial charge on any atom is 0.339 e. The van der Waals surface area contributed by atoms with Gasteiger partial charge in [0.2, 0.25) is 0 Å². The molecule has 0 saturated heterocycles. The molecule has 1 saturated carbocycles. The lowest BCUT2D eigenvalue weighted by Gasteiger charge is -2.18. The van der Waals surface area contributed by atoms with E-state index in [2.05, 4.69) is 0 Å². The number of Topliss-reactive ketones (excluding diaryl/α,β-unsaturated/α-hetero) is 2. The van der Waals surface area contributed by atoms with Crippen LogP contribution in [0.25, 0.3) is 0 Å². The number of hydrogen-bond donors (Lipinski definition) is 1. The zero-order chi connectivity index (χ0) is 11.2. The van der Waals surface area contributed by atoms with Crippen LogP contribution in [0.5, 0.6) is 0 Å². The van der Waals surface area contributed by atoms with Crippen LogP contribution in [-0.2, 0) is 14.4 Å².